The molecule has 3 rings (SSSR count). The summed E-state index contributed by atoms with van der Waals surface area (Å²) in [5.41, 5.74) is -0.990. The number of carbonyl (C=O) groups is 1. The second-order valence-corrected chi connectivity index (χ2v) is 5.86. The van der Waals surface area contributed by atoms with Gasteiger partial charge in [-0.1, -0.05) is 0 Å². The number of piperidine rings is 1. The minimum Gasteiger partial charge on any atom is -0.381 e. The van der Waals surface area contributed by atoms with Gasteiger partial charge in [-0.15, -0.1) is 10.3 Å². The lowest BCUT2D eigenvalue weighted by atomic mass is 9.71. The maximum Gasteiger partial charge on any atom is 0.136 e. The van der Waals surface area contributed by atoms with Crippen LogP contribution in [0.25, 0.3) is 0 Å². The molecule has 0 aromatic heterocycles. The van der Waals surface area contributed by atoms with Crippen molar-refractivity contribution in [2.24, 2.45) is 0 Å². The fourth-order valence-corrected chi connectivity index (χ4v) is 3.71. The number of rotatable bonds is 0. The lowest BCUT2D eigenvalue weighted by molar-refractivity contribution is -0.320. The molecule has 0 bridgehead atoms. The molecule has 3 aliphatic heterocycles. The lowest BCUT2D eigenvalue weighted by Gasteiger charge is -2.54. The summed E-state index contributed by atoms with van der Waals surface area (Å²) in [6.07, 6.45) is 3.55. The molecule has 3 aliphatic rings. The molecule has 0 unspecified atom stereocenters. The topological polar surface area (TPSA) is 58.7 Å². The summed E-state index contributed by atoms with van der Waals surface area (Å²) < 4.78 is 10.7. The first-order valence-electron chi connectivity index (χ1n) is 6.82. The predicted molar refractivity (Wildman–Crippen MR) is 62.3 cm³/mol. The molecular weight excluding hydrogens is 234 g/mol. The Morgan fingerprint density at radius 3 is 1.61 bits per heavy atom. The van der Waals surface area contributed by atoms with Crippen LogP contribution >= 0.6 is 0 Å². The van der Waals surface area contributed by atoms with Crippen LogP contribution in [-0.4, -0.2) is 48.4 Å². The number of ketones is 1. The summed E-state index contributed by atoms with van der Waals surface area (Å²) in [6.45, 7) is 2.38. The van der Waals surface area contributed by atoms with Gasteiger partial charge in [0.15, 0.2) is 0 Å². The maximum absolute atomic E-state index is 12.9. The van der Waals surface area contributed by atoms with Crippen LogP contribution in [0.15, 0.2) is 0 Å². The zero-order valence-corrected chi connectivity index (χ0v) is 10.7. The molecule has 2 spiro atoms. The van der Waals surface area contributed by atoms with E-state index in [1.807, 2.05) is 0 Å². The van der Waals surface area contributed by atoms with Crippen molar-refractivity contribution in [3.63, 3.8) is 0 Å². The quantitative estimate of drug-likeness (QED) is 0.649. The van der Waals surface area contributed by atoms with Gasteiger partial charge in [0, 0.05) is 39.3 Å². The lowest BCUT2D eigenvalue weighted by Crippen LogP contribution is -2.66. The summed E-state index contributed by atoms with van der Waals surface area (Å²) >= 11 is 0. The van der Waals surface area contributed by atoms with Gasteiger partial charge in [0.25, 0.3) is 0 Å². The first kappa shape index (κ1) is 12.5. The second-order valence-electron chi connectivity index (χ2n) is 5.86. The fraction of sp³-hybridized carbons (Fsp3) is 0.923. The molecule has 1 radical (unpaired) electrons. The summed E-state index contributed by atoms with van der Waals surface area (Å²) in [5, 5.41) is 14.2. The molecule has 0 saturated carbocycles. The van der Waals surface area contributed by atoms with Gasteiger partial charge in [0.2, 0.25) is 0 Å². The van der Waals surface area contributed by atoms with E-state index >= 15 is 0 Å². The molecule has 3 fully saturated rings. The van der Waals surface area contributed by atoms with E-state index in [1.54, 1.807) is 0 Å². The van der Waals surface area contributed by atoms with Gasteiger partial charge in [0.05, 0.1) is 11.1 Å². The van der Waals surface area contributed by atoms with Gasteiger partial charge >= 0.3 is 0 Å². The highest BCUT2D eigenvalue weighted by atomic mass is 16.5. The highest BCUT2D eigenvalue weighted by Crippen LogP contribution is 2.45. The van der Waals surface area contributed by atoms with E-state index in [0.717, 1.165) is 0 Å². The first-order valence-corrected chi connectivity index (χ1v) is 6.82. The Morgan fingerprint density at radius 2 is 1.22 bits per heavy atom. The highest BCUT2D eigenvalue weighted by molar-refractivity contribution is 5.82. The van der Waals surface area contributed by atoms with Gasteiger partial charge in [-0.3, -0.25) is 4.79 Å². The van der Waals surface area contributed by atoms with Crippen LogP contribution in [0.5, 0.6) is 0 Å². The summed E-state index contributed by atoms with van der Waals surface area (Å²) in [4.78, 5) is 12.1. The molecule has 18 heavy (non-hydrogen) atoms. The molecular formula is C13H20NO4. The maximum atomic E-state index is 12.9. The van der Waals surface area contributed by atoms with Gasteiger partial charge in [0.1, 0.15) is 5.78 Å². The Labute approximate surface area is 107 Å². The van der Waals surface area contributed by atoms with Gasteiger partial charge in [-0.05, 0) is 25.7 Å². The van der Waals surface area contributed by atoms with Crippen molar-refractivity contribution in [2.75, 3.05) is 26.4 Å². The second kappa shape index (κ2) is 4.56. The van der Waals surface area contributed by atoms with Crippen LogP contribution in [0.4, 0.5) is 0 Å². The molecule has 5 heteroatoms. The Kier molecular flexibility index (Phi) is 3.18. The van der Waals surface area contributed by atoms with Gasteiger partial charge in [-0.2, -0.15) is 0 Å². The van der Waals surface area contributed by atoms with Gasteiger partial charge < -0.3 is 9.47 Å². The van der Waals surface area contributed by atoms with E-state index in [4.69, 9.17) is 9.47 Å². The van der Waals surface area contributed by atoms with Crippen molar-refractivity contribution in [3.8, 4) is 0 Å². The predicted octanol–water partition coefficient (Wildman–Crippen LogP) is 1.10. The SMILES string of the molecule is [O]N1C2(CCOCC2)CC(=O)CC12CCOCC2. The van der Waals surface area contributed by atoms with E-state index in [0.29, 0.717) is 65.0 Å². The van der Waals surface area contributed by atoms with Crippen LogP contribution < -0.4 is 0 Å². The molecule has 3 heterocycles. The normalized spacial score (nSPS) is 31.9. The molecule has 0 atom stereocenters. The zero-order chi connectivity index (χ0) is 12.6. The van der Waals surface area contributed by atoms with Crippen molar-refractivity contribution in [3.05, 3.63) is 0 Å². The van der Waals surface area contributed by atoms with Crippen LogP contribution in [0.3, 0.4) is 0 Å². The van der Waals surface area contributed by atoms with Crippen molar-refractivity contribution in [2.45, 2.75) is 49.6 Å². The van der Waals surface area contributed by atoms with E-state index in [2.05, 4.69) is 0 Å². The van der Waals surface area contributed by atoms with Crippen molar-refractivity contribution in [1.82, 2.24) is 5.06 Å². The Morgan fingerprint density at radius 1 is 0.833 bits per heavy atom. The number of hydroxylamine groups is 2. The largest absolute Gasteiger partial charge is 0.381 e. The highest BCUT2D eigenvalue weighted by Gasteiger charge is 2.55. The first-order chi connectivity index (χ1) is 8.67. The van der Waals surface area contributed by atoms with Gasteiger partial charge in [-0.25, -0.2) is 0 Å². The summed E-state index contributed by atoms with van der Waals surface area (Å²) in [5.74, 6) is 0.242. The smallest absolute Gasteiger partial charge is 0.136 e. The number of hydrogen-bond acceptors (Lipinski definition) is 4. The zero-order valence-electron chi connectivity index (χ0n) is 10.7. The van der Waals surface area contributed by atoms with Crippen LogP contribution in [-0.2, 0) is 19.5 Å². The monoisotopic (exact) mass is 254 g/mol. The standard InChI is InChI=1S/C13H20NO4/c15-11-9-12(1-5-17-6-2-12)14(16)13(10-11)3-7-18-8-4-13/h1-10H2. The third kappa shape index (κ3) is 1.90. The van der Waals surface area contributed by atoms with Crippen molar-refractivity contribution in [1.29, 1.82) is 0 Å². The third-order valence-corrected chi connectivity index (χ3v) is 4.76. The number of nitrogens with zero attached hydrogens (tertiary/aromatic N) is 1. The minimum atomic E-state index is -0.495. The minimum absolute atomic E-state index is 0.242. The van der Waals surface area contributed by atoms with Crippen LogP contribution in [0.2, 0.25) is 0 Å². The molecule has 0 aromatic rings. The van der Waals surface area contributed by atoms with E-state index < -0.39 is 11.1 Å². The van der Waals surface area contributed by atoms with E-state index in [9.17, 15) is 10.0 Å². The summed E-state index contributed by atoms with van der Waals surface area (Å²) in [6, 6.07) is 0. The third-order valence-electron chi connectivity index (χ3n) is 4.76. The van der Waals surface area contributed by atoms with Crippen LogP contribution in [0.1, 0.15) is 38.5 Å². The molecule has 0 amide bonds. The molecule has 0 N–H and O–H groups in total. The number of Topliss-reactive ketones (excluding diaryl/α,β-unsaturated/α-hetero) is 1. The van der Waals surface area contributed by atoms with E-state index in [-0.39, 0.29) is 5.78 Å². The molecule has 0 aromatic carbocycles. The number of carbonyl (C=O) groups excluding carboxylic acids is 1. The number of hydrogen-bond donors (Lipinski definition) is 0. The Bertz CT molecular complexity index is 302. The Hall–Kier alpha value is -0.490. The summed E-state index contributed by atoms with van der Waals surface area (Å²) in [7, 11) is 0. The molecule has 101 valence electrons. The molecule has 5 nitrogen and oxygen atoms in total. The van der Waals surface area contributed by atoms with Crippen molar-refractivity contribution >= 4 is 5.78 Å². The number of ether oxygens (including phenoxy) is 2. The fourth-order valence-electron chi connectivity index (χ4n) is 3.71. The van der Waals surface area contributed by atoms with E-state index in [1.165, 1.54) is 5.06 Å². The van der Waals surface area contributed by atoms with Crippen LogP contribution in [0, 0.1) is 0 Å². The average Bonchev–Trinajstić information content (AvgIpc) is 2.38. The van der Waals surface area contributed by atoms with Crippen molar-refractivity contribution < 1.29 is 19.5 Å². The Balaban J connectivity index is 1.89. The molecule has 3 saturated heterocycles. The molecule has 0 aliphatic carbocycles. The average molecular weight is 254 g/mol.